The van der Waals surface area contributed by atoms with E-state index in [1.54, 1.807) is 19.1 Å². The summed E-state index contributed by atoms with van der Waals surface area (Å²) in [6.45, 7) is 1.57. The molecule has 0 radical (unpaired) electrons. The van der Waals surface area contributed by atoms with Crippen LogP contribution in [-0.2, 0) is 10.4 Å². The second-order valence-corrected chi connectivity index (χ2v) is 6.86. The van der Waals surface area contributed by atoms with E-state index in [-0.39, 0.29) is 0 Å². The Hall–Kier alpha value is -3.59. The van der Waals surface area contributed by atoms with E-state index >= 15 is 0 Å². The Balaban J connectivity index is 1.67. The summed E-state index contributed by atoms with van der Waals surface area (Å²) in [5, 5.41) is 12.1. The first kappa shape index (κ1) is 17.8. The van der Waals surface area contributed by atoms with Crippen LogP contribution in [0.2, 0.25) is 0 Å². The third kappa shape index (κ3) is 3.23. The highest BCUT2D eigenvalue weighted by molar-refractivity contribution is 5.96. The molecule has 0 heterocycles. The van der Waals surface area contributed by atoms with E-state index in [0.29, 0.717) is 11.3 Å². The van der Waals surface area contributed by atoms with Gasteiger partial charge in [-0.05, 0) is 41.0 Å². The Morgan fingerprint density at radius 1 is 0.786 bits per heavy atom. The minimum atomic E-state index is -1.46. The van der Waals surface area contributed by atoms with Crippen LogP contribution in [0.4, 0.5) is 0 Å². The van der Waals surface area contributed by atoms with Crippen molar-refractivity contribution in [1.29, 1.82) is 0 Å². The molecule has 3 heteroatoms. The summed E-state index contributed by atoms with van der Waals surface area (Å²) in [6.07, 6.45) is 0. The van der Waals surface area contributed by atoms with Gasteiger partial charge in [-0.2, -0.15) is 0 Å². The van der Waals surface area contributed by atoms with Crippen LogP contribution in [-0.4, -0.2) is 11.1 Å². The monoisotopic (exact) mass is 368 g/mol. The summed E-state index contributed by atoms with van der Waals surface area (Å²) in [7, 11) is 0. The number of ether oxygens (including phenoxy) is 1. The van der Waals surface area contributed by atoms with Crippen LogP contribution >= 0.6 is 0 Å². The standard InChI is InChI=1S/C25H20O3/c1-25(24(26)27,20-10-3-2-4-11-20)28-21-16-14-19(15-17-21)23-13-7-9-18-8-5-6-12-22(18)23/h2-17H,1H3,(H,26,27). The second kappa shape index (κ2) is 7.20. The van der Waals surface area contributed by atoms with E-state index in [4.69, 9.17) is 4.74 Å². The number of aliphatic carboxylic acids is 1. The van der Waals surface area contributed by atoms with Crippen LogP contribution in [0.3, 0.4) is 0 Å². The van der Waals surface area contributed by atoms with Gasteiger partial charge in [0.15, 0.2) is 0 Å². The van der Waals surface area contributed by atoms with Crippen LogP contribution in [0.25, 0.3) is 21.9 Å². The zero-order chi connectivity index (χ0) is 19.6. The molecule has 138 valence electrons. The number of rotatable bonds is 5. The molecule has 0 bridgehead atoms. The van der Waals surface area contributed by atoms with Gasteiger partial charge in [0.05, 0.1) is 0 Å². The lowest BCUT2D eigenvalue weighted by Gasteiger charge is -2.27. The first-order chi connectivity index (χ1) is 13.6. The summed E-state index contributed by atoms with van der Waals surface area (Å²) in [4.78, 5) is 11.9. The molecule has 0 fully saturated rings. The molecule has 1 N–H and O–H groups in total. The minimum absolute atomic E-state index is 0.512. The van der Waals surface area contributed by atoms with E-state index in [2.05, 4.69) is 24.3 Å². The first-order valence-electron chi connectivity index (χ1n) is 9.14. The fourth-order valence-electron chi connectivity index (χ4n) is 3.40. The van der Waals surface area contributed by atoms with Crippen LogP contribution in [0.5, 0.6) is 5.75 Å². The van der Waals surface area contributed by atoms with Crippen LogP contribution in [0.1, 0.15) is 12.5 Å². The molecule has 0 aromatic heterocycles. The van der Waals surface area contributed by atoms with Crippen molar-refractivity contribution < 1.29 is 14.6 Å². The topological polar surface area (TPSA) is 46.5 Å². The van der Waals surface area contributed by atoms with Gasteiger partial charge in [-0.25, -0.2) is 4.79 Å². The average Bonchev–Trinajstić information content (AvgIpc) is 2.74. The third-order valence-electron chi connectivity index (χ3n) is 5.01. The molecule has 0 amide bonds. The Morgan fingerprint density at radius 2 is 1.43 bits per heavy atom. The summed E-state index contributed by atoms with van der Waals surface area (Å²) < 4.78 is 5.93. The van der Waals surface area contributed by atoms with Gasteiger partial charge in [-0.3, -0.25) is 0 Å². The number of hydrogen-bond donors (Lipinski definition) is 1. The maximum absolute atomic E-state index is 11.9. The van der Waals surface area contributed by atoms with Gasteiger partial charge in [0.1, 0.15) is 5.75 Å². The molecule has 3 nitrogen and oxygen atoms in total. The fraction of sp³-hybridized carbons (Fsp3) is 0.0800. The summed E-state index contributed by atoms with van der Waals surface area (Å²) >= 11 is 0. The van der Waals surface area contributed by atoms with E-state index in [1.807, 2.05) is 60.7 Å². The lowest BCUT2D eigenvalue weighted by atomic mass is 9.95. The largest absolute Gasteiger partial charge is 0.478 e. The molecule has 28 heavy (non-hydrogen) atoms. The average molecular weight is 368 g/mol. The number of carbonyl (C=O) groups is 1. The predicted octanol–water partition coefficient (Wildman–Crippen LogP) is 5.89. The predicted molar refractivity (Wildman–Crippen MR) is 111 cm³/mol. The van der Waals surface area contributed by atoms with Crippen molar-refractivity contribution >= 4 is 16.7 Å². The van der Waals surface area contributed by atoms with E-state index < -0.39 is 11.6 Å². The Kier molecular flexibility index (Phi) is 4.58. The van der Waals surface area contributed by atoms with Gasteiger partial charge in [0.25, 0.3) is 0 Å². The van der Waals surface area contributed by atoms with Crippen molar-refractivity contribution in [3.63, 3.8) is 0 Å². The third-order valence-corrected chi connectivity index (χ3v) is 5.01. The molecule has 1 atom stereocenters. The lowest BCUT2D eigenvalue weighted by molar-refractivity contribution is -0.154. The van der Waals surface area contributed by atoms with Gasteiger partial charge < -0.3 is 9.84 Å². The van der Waals surface area contributed by atoms with E-state index in [9.17, 15) is 9.90 Å². The van der Waals surface area contributed by atoms with Gasteiger partial charge in [-0.1, -0.05) is 84.9 Å². The Bertz CT molecular complexity index is 1110. The smallest absolute Gasteiger partial charge is 0.352 e. The molecule has 4 aromatic carbocycles. The number of fused-ring (bicyclic) bond motifs is 1. The molecule has 1 unspecified atom stereocenters. The molecule has 0 saturated carbocycles. The van der Waals surface area contributed by atoms with Crippen molar-refractivity contribution in [1.82, 2.24) is 0 Å². The first-order valence-corrected chi connectivity index (χ1v) is 9.14. The molecule has 4 aromatic rings. The highest BCUT2D eigenvalue weighted by Crippen LogP contribution is 2.32. The fourth-order valence-corrected chi connectivity index (χ4v) is 3.40. The van der Waals surface area contributed by atoms with Crippen LogP contribution in [0.15, 0.2) is 97.1 Å². The normalized spacial score (nSPS) is 13.0. The number of carboxylic acids is 1. The minimum Gasteiger partial charge on any atom is -0.478 e. The molecular weight excluding hydrogens is 348 g/mol. The van der Waals surface area contributed by atoms with Crippen molar-refractivity contribution in [2.24, 2.45) is 0 Å². The highest BCUT2D eigenvalue weighted by atomic mass is 16.5. The summed E-state index contributed by atoms with van der Waals surface area (Å²) in [6, 6.07) is 31.0. The van der Waals surface area contributed by atoms with Crippen molar-refractivity contribution in [3.8, 4) is 16.9 Å². The van der Waals surface area contributed by atoms with Gasteiger partial charge >= 0.3 is 5.97 Å². The van der Waals surface area contributed by atoms with Gasteiger partial charge in [0.2, 0.25) is 5.60 Å². The van der Waals surface area contributed by atoms with Crippen molar-refractivity contribution in [2.75, 3.05) is 0 Å². The molecule has 0 spiro atoms. The SMILES string of the molecule is CC(Oc1ccc(-c2cccc3ccccc23)cc1)(C(=O)O)c1ccccc1. The van der Waals surface area contributed by atoms with E-state index in [1.165, 1.54) is 10.8 Å². The maximum Gasteiger partial charge on any atom is 0.352 e. The molecule has 4 rings (SSSR count). The maximum atomic E-state index is 11.9. The van der Waals surface area contributed by atoms with Crippen molar-refractivity contribution in [2.45, 2.75) is 12.5 Å². The van der Waals surface area contributed by atoms with Crippen molar-refractivity contribution in [3.05, 3.63) is 103 Å². The molecule has 0 aliphatic rings. The van der Waals surface area contributed by atoms with E-state index in [0.717, 1.165) is 11.1 Å². The summed E-state index contributed by atoms with van der Waals surface area (Å²) in [5.74, 6) is -0.519. The summed E-state index contributed by atoms with van der Waals surface area (Å²) in [5.41, 5.74) is 1.33. The zero-order valence-electron chi connectivity index (χ0n) is 15.5. The second-order valence-electron chi connectivity index (χ2n) is 6.86. The Morgan fingerprint density at radius 3 is 2.14 bits per heavy atom. The zero-order valence-corrected chi connectivity index (χ0v) is 15.5. The lowest BCUT2D eigenvalue weighted by Crippen LogP contribution is -2.38. The number of carboxylic acid groups (broad SMARTS) is 1. The number of hydrogen-bond acceptors (Lipinski definition) is 2. The van der Waals surface area contributed by atoms with Crippen LogP contribution < -0.4 is 4.74 Å². The van der Waals surface area contributed by atoms with Gasteiger partial charge in [0, 0.05) is 5.56 Å². The molecule has 0 saturated heterocycles. The highest BCUT2D eigenvalue weighted by Gasteiger charge is 2.37. The molecule has 0 aliphatic heterocycles. The molecular formula is C25H20O3. The van der Waals surface area contributed by atoms with Crippen LogP contribution in [0, 0.1) is 0 Å². The van der Waals surface area contributed by atoms with Gasteiger partial charge in [-0.15, -0.1) is 0 Å². The molecule has 0 aliphatic carbocycles. The Labute approximate surface area is 163 Å². The number of benzene rings is 4. The quantitative estimate of drug-likeness (QED) is 0.478.